The molecule has 0 amide bonds. The van der Waals surface area contributed by atoms with Gasteiger partial charge in [-0.3, -0.25) is 14.4 Å². The predicted octanol–water partition coefficient (Wildman–Crippen LogP) is -0.101. The van der Waals surface area contributed by atoms with E-state index in [9.17, 15) is 14.4 Å². The quantitative estimate of drug-likeness (QED) is 0.505. The summed E-state index contributed by atoms with van der Waals surface area (Å²) in [4.78, 5) is 34.7. The number of rotatable bonds is 2. The molecule has 0 aromatic heterocycles. The van der Waals surface area contributed by atoms with E-state index in [-0.39, 0.29) is 23.9 Å². The molecule has 3 rings (SSSR count). The summed E-state index contributed by atoms with van der Waals surface area (Å²) in [6, 6.07) is 0. The number of hydrogen-bond acceptors (Lipinski definition) is 6. The first kappa shape index (κ1) is 11.5. The van der Waals surface area contributed by atoms with Gasteiger partial charge in [0.05, 0.1) is 18.9 Å². The van der Waals surface area contributed by atoms with Gasteiger partial charge in [-0.2, -0.15) is 0 Å². The monoisotopic (exact) mass is 254 g/mol. The smallest absolute Gasteiger partial charge is 0.310 e. The second-order valence-corrected chi connectivity index (χ2v) is 5.11. The minimum Gasteiger partial charge on any atom is -0.469 e. The fourth-order valence-corrected chi connectivity index (χ4v) is 3.80. The van der Waals surface area contributed by atoms with Crippen LogP contribution in [-0.4, -0.2) is 37.2 Å². The third-order valence-corrected chi connectivity index (χ3v) is 4.32. The van der Waals surface area contributed by atoms with Crippen molar-refractivity contribution in [3.8, 4) is 0 Å². The molecule has 18 heavy (non-hydrogen) atoms. The highest BCUT2D eigenvalue weighted by molar-refractivity contribution is 5.86. The van der Waals surface area contributed by atoms with Crippen LogP contribution in [0.4, 0.5) is 0 Å². The molecular formula is C12H14O6. The van der Waals surface area contributed by atoms with E-state index in [1.807, 2.05) is 0 Å². The van der Waals surface area contributed by atoms with Crippen LogP contribution in [0.2, 0.25) is 0 Å². The molecule has 2 bridgehead atoms. The van der Waals surface area contributed by atoms with Gasteiger partial charge < -0.3 is 14.2 Å². The van der Waals surface area contributed by atoms with Gasteiger partial charge in [-0.15, -0.1) is 0 Å². The van der Waals surface area contributed by atoms with Crippen molar-refractivity contribution in [2.75, 3.05) is 7.11 Å². The summed E-state index contributed by atoms with van der Waals surface area (Å²) in [6.45, 7) is 1.31. The Kier molecular flexibility index (Phi) is 2.36. The van der Waals surface area contributed by atoms with Crippen molar-refractivity contribution in [1.29, 1.82) is 0 Å². The van der Waals surface area contributed by atoms with Crippen LogP contribution in [0.1, 0.15) is 13.3 Å². The van der Waals surface area contributed by atoms with E-state index in [1.165, 1.54) is 14.0 Å². The van der Waals surface area contributed by atoms with E-state index in [0.717, 1.165) is 0 Å². The van der Waals surface area contributed by atoms with Crippen molar-refractivity contribution in [2.45, 2.75) is 25.6 Å². The zero-order valence-corrected chi connectivity index (χ0v) is 10.1. The Morgan fingerprint density at radius 3 is 2.67 bits per heavy atom. The molecule has 1 saturated heterocycles. The fraction of sp³-hybridized carbons (Fsp3) is 0.750. The molecule has 3 fully saturated rings. The molecule has 2 aliphatic carbocycles. The largest absolute Gasteiger partial charge is 0.469 e. The molecule has 3 aliphatic rings. The lowest BCUT2D eigenvalue weighted by atomic mass is 9.78. The molecule has 0 N–H and O–H groups in total. The Balaban J connectivity index is 1.92. The van der Waals surface area contributed by atoms with Gasteiger partial charge >= 0.3 is 17.9 Å². The Morgan fingerprint density at radius 2 is 2.06 bits per heavy atom. The first-order chi connectivity index (χ1) is 8.54. The topological polar surface area (TPSA) is 78.9 Å². The van der Waals surface area contributed by atoms with E-state index >= 15 is 0 Å². The number of carbonyl (C=O) groups is 3. The van der Waals surface area contributed by atoms with Crippen molar-refractivity contribution in [2.24, 2.45) is 23.7 Å². The standard InChI is InChI=1S/C12H14O6/c1-4(13)17-9-5-3-6-8(7(5)11(14)16-2)12(15)18-10(6)9/h5-10H,3H2,1-2H3/t5?,6?,7?,8?,9-,10?/m1/s1. The Hall–Kier alpha value is -1.59. The fourth-order valence-electron chi connectivity index (χ4n) is 3.80. The van der Waals surface area contributed by atoms with Crippen molar-refractivity contribution in [1.82, 2.24) is 0 Å². The summed E-state index contributed by atoms with van der Waals surface area (Å²) in [5.74, 6) is -2.33. The normalized spacial score (nSPS) is 43.8. The van der Waals surface area contributed by atoms with Crippen LogP contribution < -0.4 is 0 Å². The lowest BCUT2D eigenvalue weighted by Gasteiger charge is -2.29. The molecule has 6 nitrogen and oxygen atoms in total. The van der Waals surface area contributed by atoms with Crippen LogP contribution in [0.5, 0.6) is 0 Å². The van der Waals surface area contributed by atoms with Crippen LogP contribution >= 0.6 is 0 Å². The van der Waals surface area contributed by atoms with Gasteiger partial charge in [-0.05, 0) is 6.42 Å². The molecular weight excluding hydrogens is 240 g/mol. The molecule has 5 unspecified atom stereocenters. The van der Waals surface area contributed by atoms with Crippen LogP contribution in [-0.2, 0) is 28.6 Å². The average molecular weight is 254 g/mol. The number of ether oxygens (including phenoxy) is 3. The number of methoxy groups -OCH3 is 1. The van der Waals surface area contributed by atoms with E-state index in [4.69, 9.17) is 14.2 Å². The highest BCUT2D eigenvalue weighted by Gasteiger charge is 2.70. The number of esters is 3. The van der Waals surface area contributed by atoms with Crippen LogP contribution in [0.15, 0.2) is 0 Å². The van der Waals surface area contributed by atoms with E-state index < -0.39 is 29.9 Å². The maximum absolute atomic E-state index is 11.8. The zero-order valence-electron chi connectivity index (χ0n) is 10.1. The summed E-state index contributed by atoms with van der Waals surface area (Å²) in [7, 11) is 1.30. The molecule has 0 aromatic rings. The van der Waals surface area contributed by atoms with Gasteiger partial charge in [0.1, 0.15) is 12.2 Å². The van der Waals surface area contributed by atoms with Gasteiger partial charge in [-0.1, -0.05) is 0 Å². The minimum atomic E-state index is -0.532. The third-order valence-electron chi connectivity index (χ3n) is 4.32. The molecule has 0 spiro atoms. The minimum absolute atomic E-state index is 0.0176. The Bertz CT molecular complexity index is 430. The van der Waals surface area contributed by atoms with E-state index in [2.05, 4.69) is 0 Å². The Labute approximate surface area is 104 Å². The summed E-state index contributed by atoms with van der Waals surface area (Å²) in [5, 5.41) is 0. The third kappa shape index (κ3) is 1.31. The lowest BCUT2D eigenvalue weighted by Crippen LogP contribution is -2.43. The molecule has 2 saturated carbocycles. The van der Waals surface area contributed by atoms with Crippen molar-refractivity contribution < 1.29 is 28.6 Å². The highest BCUT2D eigenvalue weighted by Crippen LogP contribution is 2.58. The van der Waals surface area contributed by atoms with Gasteiger partial charge in [0.2, 0.25) is 0 Å². The van der Waals surface area contributed by atoms with Crippen molar-refractivity contribution >= 4 is 17.9 Å². The Morgan fingerprint density at radius 1 is 1.33 bits per heavy atom. The van der Waals surface area contributed by atoms with Crippen molar-refractivity contribution in [3.05, 3.63) is 0 Å². The second kappa shape index (κ2) is 3.70. The van der Waals surface area contributed by atoms with Gasteiger partial charge in [0, 0.05) is 18.8 Å². The number of hydrogen-bond donors (Lipinski definition) is 0. The summed E-state index contributed by atoms with van der Waals surface area (Å²) < 4.78 is 15.2. The molecule has 0 aromatic carbocycles. The SMILES string of the molecule is COC(=O)C1C2C(=O)OC3C2CC1[C@H]3OC(C)=O. The average Bonchev–Trinajstić information content (AvgIpc) is 2.90. The van der Waals surface area contributed by atoms with Gasteiger partial charge in [0.15, 0.2) is 0 Å². The number of carbonyl (C=O) groups excluding carboxylic acids is 3. The zero-order chi connectivity index (χ0) is 13.0. The van der Waals surface area contributed by atoms with Crippen LogP contribution in [0.25, 0.3) is 0 Å². The summed E-state index contributed by atoms with van der Waals surface area (Å²) >= 11 is 0. The van der Waals surface area contributed by atoms with E-state index in [0.29, 0.717) is 6.42 Å². The highest BCUT2D eigenvalue weighted by atomic mass is 16.6. The van der Waals surface area contributed by atoms with Gasteiger partial charge in [-0.25, -0.2) is 0 Å². The summed E-state index contributed by atoms with van der Waals surface area (Å²) in [5.41, 5.74) is 0. The molecule has 98 valence electrons. The first-order valence-electron chi connectivity index (χ1n) is 6.00. The summed E-state index contributed by atoms with van der Waals surface area (Å²) in [6.07, 6.45) is -0.199. The maximum Gasteiger partial charge on any atom is 0.310 e. The molecule has 6 heteroatoms. The van der Waals surface area contributed by atoms with Crippen LogP contribution in [0.3, 0.4) is 0 Å². The molecule has 6 atom stereocenters. The van der Waals surface area contributed by atoms with Crippen molar-refractivity contribution in [3.63, 3.8) is 0 Å². The predicted molar refractivity (Wildman–Crippen MR) is 56.0 cm³/mol. The maximum atomic E-state index is 11.8. The van der Waals surface area contributed by atoms with Crippen LogP contribution in [0, 0.1) is 23.7 Å². The second-order valence-electron chi connectivity index (χ2n) is 5.11. The lowest BCUT2D eigenvalue weighted by molar-refractivity contribution is -0.163. The first-order valence-corrected chi connectivity index (χ1v) is 6.00. The van der Waals surface area contributed by atoms with E-state index in [1.54, 1.807) is 0 Å². The van der Waals surface area contributed by atoms with Gasteiger partial charge in [0.25, 0.3) is 0 Å². The molecule has 1 heterocycles. The number of fused-ring (bicyclic) bond motifs is 1. The molecule has 0 radical (unpaired) electrons. The molecule has 1 aliphatic heterocycles.